The van der Waals surface area contributed by atoms with E-state index in [4.69, 9.17) is 9.47 Å². The van der Waals surface area contributed by atoms with E-state index < -0.39 is 40.3 Å². The van der Waals surface area contributed by atoms with Crippen LogP contribution in [0, 0.1) is 0 Å². The number of benzene rings is 1. The molecule has 1 aromatic heterocycles. The van der Waals surface area contributed by atoms with Gasteiger partial charge in [0.25, 0.3) is 5.91 Å². The van der Waals surface area contributed by atoms with Crippen LogP contribution < -0.4 is 15.7 Å². The number of nitrogens with zero attached hydrogens (tertiary/aromatic N) is 2. The second-order valence-electron chi connectivity index (χ2n) is 6.64. The summed E-state index contributed by atoms with van der Waals surface area (Å²) >= 11 is 2.98. The van der Waals surface area contributed by atoms with E-state index in [0.29, 0.717) is 17.9 Å². The molecule has 2 aromatic rings. The molecule has 4 atom stereocenters. The number of hydrogen-bond acceptors (Lipinski definition) is 8. The summed E-state index contributed by atoms with van der Waals surface area (Å²) in [5, 5.41) is 21.7. The number of aromatic nitrogens is 2. The lowest BCUT2D eigenvalue weighted by molar-refractivity contribution is -0.0499. The van der Waals surface area contributed by atoms with Crippen LogP contribution in [0.4, 0.5) is 10.2 Å². The average molecular weight is 549 g/mol. The van der Waals surface area contributed by atoms with Crippen LogP contribution in [0.15, 0.2) is 40.2 Å². The number of aliphatic hydroxyl groups excluding tert-OH is 2. The van der Waals surface area contributed by atoms with Crippen molar-refractivity contribution in [1.29, 1.82) is 0 Å². The summed E-state index contributed by atoms with van der Waals surface area (Å²) in [7, 11) is 0. The van der Waals surface area contributed by atoms with Gasteiger partial charge >= 0.3 is 5.69 Å². The van der Waals surface area contributed by atoms with Crippen LogP contribution in [0.2, 0.25) is 0 Å². The first-order valence-corrected chi connectivity index (χ1v) is 11.0. The molecule has 2 aliphatic rings. The lowest BCUT2D eigenvalue weighted by Gasteiger charge is -2.23. The number of nitrogens with one attached hydrogen (secondary N) is 1. The number of fused-ring (bicyclic) bond motifs is 1. The van der Waals surface area contributed by atoms with E-state index in [1.165, 1.54) is 34.9 Å². The smallest absolute Gasteiger partial charge is 0.351 e. The van der Waals surface area contributed by atoms with E-state index in [0.717, 1.165) is 15.2 Å². The van der Waals surface area contributed by atoms with Crippen molar-refractivity contribution in [3.8, 4) is 5.75 Å². The molecule has 0 aliphatic carbocycles. The summed E-state index contributed by atoms with van der Waals surface area (Å²) in [4.78, 5) is 29.6. The average Bonchev–Trinajstić information content (AvgIpc) is 2.96. The Balaban J connectivity index is 1.53. The van der Waals surface area contributed by atoms with E-state index in [9.17, 15) is 24.2 Å². The largest absolute Gasteiger partial charge is 0.492 e. The Morgan fingerprint density at radius 3 is 2.97 bits per heavy atom. The number of thioether (sulfide) groups is 1. The number of carbonyl (C=O) groups excluding carboxylic acids is 1. The highest BCUT2D eigenvalue weighted by atomic mass is 127. The van der Waals surface area contributed by atoms with Crippen molar-refractivity contribution >= 4 is 46.1 Å². The van der Waals surface area contributed by atoms with Gasteiger partial charge in [-0.25, -0.2) is 9.18 Å². The topological polar surface area (TPSA) is 123 Å². The number of amides is 1. The minimum atomic E-state index is -2.34. The third-order valence-corrected chi connectivity index (χ3v) is 6.88. The van der Waals surface area contributed by atoms with E-state index in [2.05, 4.69) is 10.3 Å². The molecule has 9 nitrogen and oxygen atoms in total. The Bertz CT molecular complexity index is 1040. The number of alkyl halides is 2. The van der Waals surface area contributed by atoms with Gasteiger partial charge < -0.3 is 25.0 Å². The van der Waals surface area contributed by atoms with Crippen LogP contribution >= 0.6 is 34.4 Å². The fraction of sp³-hybridized carbons (Fsp3) is 0.389. The van der Waals surface area contributed by atoms with Crippen LogP contribution in [0.1, 0.15) is 16.6 Å². The van der Waals surface area contributed by atoms with Crippen LogP contribution in [0.3, 0.4) is 0 Å². The number of halogens is 2. The first kappa shape index (κ1) is 21.5. The van der Waals surface area contributed by atoms with E-state index in [-0.39, 0.29) is 5.82 Å². The Kier molecular flexibility index (Phi) is 6.03. The van der Waals surface area contributed by atoms with Crippen LogP contribution in [0.25, 0.3) is 0 Å². The molecule has 12 heteroatoms. The number of anilines is 1. The van der Waals surface area contributed by atoms with E-state index >= 15 is 0 Å². The van der Waals surface area contributed by atoms with Gasteiger partial charge in [-0.1, -0.05) is 0 Å². The van der Waals surface area contributed by atoms with Crippen LogP contribution in [-0.2, 0) is 4.74 Å². The molecule has 1 fully saturated rings. The molecule has 0 saturated carbocycles. The molecule has 30 heavy (non-hydrogen) atoms. The van der Waals surface area contributed by atoms with Gasteiger partial charge in [0.1, 0.15) is 23.8 Å². The fourth-order valence-corrected chi connectivity index (χ4v) is 4.81. The molecule has 1 amide bonds. The number of hydrogen-bond donors (Lipinski definition) is 3. The van der Waals surface area contributed by atoms with Crippen molar-refractivity contribution in [2.75, 3.05) is 24.3 Å². The molecule has 2 aliphatic heterocycles. The molecular weight excluding hydrogens is 532 g/mol. The standard InChI is InChI=1S/C18H17FIN3O6S/c19-18(20)14(25)11(8-24)29-16(18)23-4-3-13(22-17(23)27)21-15(26)9-1-2-12-10(7-9)28-5-6-30-12/h1-4,7,11,14,16,24-25H,5-6,8H2,(H,21,22,26,27)/t11-,14-,16?,18?/m1/s1. The van der Waals surface area contributed by atoms with E-state index in [1.54, 1.807) is 30.0 Å². The maximum Gasteiger partial charge on any atom is 0.351 e. The van der Waals surface area contributed by atoms with Crippen molar-refractivity contribution in [3.05, 3.63) is 46.5 Å². The summed E-state index contributed by atoms with van der Waals surface area (Å²) in [5.41, 5.74) is -0.544. The Hall–Kier alpha value is -1.74. The number of rotatable bonds is 4. The van der Waals surface area contributed by atoms with Crippen LogP contribution in [0.5, 0.6) is 5.75 Å². The minimum Gasteiger partial charge on any atom is -0.492 e. The van der Waals surface area contributed by atoms with Gasteiger partial charge in [0.2, 0.25) is 3.68 Å². The molecule has 160 valence electrons. The number of aliphatic hydroxyl groups is 2. The Morgan fingerprint density at radius 2 is 2.27 bits per heavy atom. The van der Waals surface area contributed by atoms with Crippen molar-refractivity contribution in [1.82, 2.24) is 9.55 Å². The second kappa shape index (κ2) is 8.42. The fourth-order valence-electron chi connectivity index (χ4n) is 3.15. The SMILES string of the molecule is O=C(Nc1ccn(C2O[C@H](CO)[C@@H](O)C2(F)I)c(=O)n1)c1ccc2c(c1)OCCS2. The van der Waals surface area contributed by atoms with Crippen molar-refractivity contribution in [2.24, 2.45) is 0 Å². The molecular formula is C18H17FIN3O6S. The van der Waals surface area contributed by atoms with Gasteiger partial charge in [0.05, 0.1) is 13.2 Å². The van der Waals surface area contributed by atoms with E-state index in [1.807, 2.05) is 0 Å². The van der Waals surface area contributed by atoms with Gasteiger partial charge in [0.15, 0.2) is 6.23 Å². The highest BCUT2D eigenvalue weighted by Crippen LogP contribution is 2.45. The summed E-state index contributed by atoms with van der Waals surface area (Å²) < 4.78 is 24.2. The molecule has 0 radical (unpaired) electrons. The number of carbonyl (C=O) groups is 1. The van der Waals surface area contributed by atoms with Gasteiger partial charge in [-0.2, -0.15) is 4.98 Å². The maximum atomic E-state index is 14.9. The summed E-state index contributed by atoms with van der Waals surface area (Å²) in [5.74, 6) is 0.961. The zero-order valence-corrected chi connectivity index (χ0v) is 18.3. The monoisotopic (exact) mass is 549 g/mol. The first-order valence-electron chi connectivity index (χ1n) is 8.93. The molecule has 4 rings (SSSR count). The molecule has 0 bridgehead atoms. The van der Waals surface area contributed by atoms with Crippen molar-refractivity contribution in [2.45, 2.75) is 27.0 Å². The predicted octanol–water partition coefficient (Wildman–Crippen LogP) is 1.33. The third kappa shape index (κ3) is 3.93. The summed E-state index contributed by atoms with van der Waals surface area (Å²) in [6.07, 6.45) is -3.07. The highest BCUT2D eigenvalue weighted by molar-refractivity contribution is 14.1. The van der Waals surface area contributed by atoms with Crippen molar-refractivity contribution in [3.63, 3.8) is 0 Å². The number of ether oxygens (including phenoxy) is 2. The molecule has 3 N–H and O–H groups in total. The highest BCUT2D eigenvalue weighted by Gasteiger charge is 2.56. The molecule has 0 spiro atoms. The zero-order chi connectivity index (χ0) is 21.5. The predicted molar refractivity (Wildman–Crippen MR) is 114 cm³/mol. The lowest BCUT2D eigenvalue weighted by Crippen LogP contribution is -2.40. The quantitative estimate of drug-likeness (QED) is 0.386. The zero-order valence-electron chi connectivity index (χ0n) is 15.3. The molecule has 1 aromatic carbocycles. The normalized spacial score (nSPS) is 27.9. The Labute approximate surface area is 187 Å². The first-order chi connectivity index (χ1) is 14.3. The van der Waals surface area contributed by atoms with Gasteiger partial charge in [-0.15, -0.1) is 11.8 Å². The lowest BCUT2D eigenvalue weighted by atomic mass is 10.1. The third-order valence-electron chi connectivity index (χ3n) is 4.69. The van der Waals surface area contributed by atoms with Gasteiger partial charge in [-0.3, -0.25) is 9.36 Å². The Morgan fingerprint density at radius 1 is 1.47 bits per heavy atom. The van der Waals surface area contributed by atoms with Crippen molar-refractivity contribution < 1.29 is 28.9 Å². The summed E-state index contributed by atoms with van der Waals surface area (Å²) in [6.45, 7) is -0.0455. The molecule has 3 heterocycles. The second-order valence-corrected chi connectivity index (χ2v) is 9.43. The minimum absolute atomic E-state index is 0.0237. The molecule has 1 saturated heterocycles. The molecule has 2 unspecified atom stereocenters. The van der Waals surface area contributed by atoms with Crippen LogP contribution in [-0.4, -0.2) is 60.5 Å². The van der Waals surface area contributed by atoms with Gasteiger partial charge in [0, 0.05) is 22.4 Å². The summed E-state index contributed by atoms with van der Waals surface area (Å²) in [6, 6.07) is 6.38. The maximum absolute atomic E-state index is 14.9. The van der Waals surface area contributed by atoms with Gasteiger partial charge in [-0.05, 0) is 46.9 Å².